The molecule has 0 fully saturated rings. The Morgan fingerprint density at radius 3 is 2.71 bits per heavy atom. The second-order valence-corrected chi connectivity index (χ2v) is 6.64. The predicted molar refractivity (Wildman–Crippen MR) is 84.9 cm³/mol. The summed E-state index contributed by atoms with van der Waals surface area (Å²) in [6.45, 7) is 5.44. The fraction of sp³-hybridized carbons (Fsp3) is 0.357. The van der Waals surface area contributed by atoms with E-state index in [2.05, 4.69) is 26.5 Å². The van der Waals surface area contributed by atoms with Gasteiger partial charge in [0.25, 0.3) is 0 Å². The lowest BCUT2D eigenvalue weighted by Gasteiger charge is -2.12. The van der Waals surface area contributed by atoms with Crippen LogP contribution in [-0.4, -0.2) is 24.2 Å². The Bertz CT molecular complexity index is 722. The molecular formula is C14H20N4O2S. The number of sulfonamides is 1. The van der Waals surface area contributed by atoms with Crippen molar-refractivity contribution in [3.63, 3.8) is 0 Å². The molecule has 0 spiro atoms. The number of imidazole rings is 1. The molecule has 0 aliphatic heterocycles. The summed E-state index contributed by atoms with van der Waals surface area (Å²) in [5.74, 6) is 0.966. The van der Waals surface area contributed by atoms with Gasteiger partial charge in [0.15, 0.2) is 0 Å². The van der Waals surface area contributed by atoms with Gasteiger partial charge in [0.2, 0.25) is 10.0 Å². The van der Waals surface area contributed by atoms with Crippen LogP contribution in [0.25, 0.3) is 0 Å². The van der Waals surface area contributed by atoms with Crippen molar-refractivity contribution in [2.75, 3.05) is 16.3 Å². The molecule has 7 heteroatoms. The van der Waals surface area contributed by atoms with Gasteiger partial charge in [0, 0.05) is 24.6 Å². The van der Waals surface area contributed by atoms with Crippen molar-refractivity contribution in [2.24, 2.45) is 0 Å². The summed E-state index contributed by atoms with van der Waals surface area (Å²) < 4.78 is 27.1. The summed E-state index contributed by atoms with van der Waals surface area (Å²) in [5, 5.41) is 3.29. The molecule has 1 heterocycles. The normalized spacial score (nSPS) is 11.4. The zero-order valence-corrected chi connectivity index (χ0v) is 13.2. The third-order valence-electron chi connectivity index (χ3n) is 3.11. The van der Waals surface area contributed by atoms with Gasteiger partial charge >= 0.3 is 0 Å². The molecule has 2 N–H and O–H groups in total. The molecule has 0 atom stereocenters. The minimum atomic E-state index is -3.25. The summed E-state index contributed by atoms with van der Waals surface area (Å²) >= 11 is 0. The zero-order chi connectivity index (χ0) is 15.5. The molecule has 0 radical (unpaired) electrons. The summed E-state index contributed by atoms with van der Waals surface area (Å²) in [6, 6.07) is 5.51. The smallest absolute Gasteiger partial charge is 0.229 e. The van der Waals surface area contributed by atoms with E-state index in [1.54, 1.807) is 12.3 Å². The van der Waals surface area contributed by atoms with Crippen LogP contribution in [0.3, 0.4) is 0 Å². The van der Waals surface area contributed by atoms with Crippen LogP contribution in [0, 0.1) is 6.92 Å². The van der Waals surface area contributed by atoms with Gasteiger partial charge in [0.05, 0.1) is 18.5 Å². The lowest BCUT2D eigenvalue weighted by molar-refractivity contribution is 0.607. The number of nitrogens with one attached hydrogen (secondary N) is 2. The molecule has 114 valence electrons. The van der Waals surface area contributed by atoms with E-state index in [1.165, 1.54) is 0 Å². The molecule has 0 saturated heterocycles. The van der Waals surface area contributed by atoms with Crippen molar-refractivity contribution in [3.8, 4) is 0 Å². The quantitative estimate of drug-likeness (QED) is 0.857. The SMILES string of the molecule is CCn1ccnc1CNc1ccc(NS(C)(=O)=O)c(C)c1. The first kappa shape index (κ1) is 15.4. The molecule has 2 aromatic rings. The Kier molecular flexibility index (Phi) is 4.52. The number of hydrogen-bond donors (Lipinski definition) is 2. The first-order valence-electron chi connectivity index (χ1n) is 6.71. The van der Waals surface area contributed by atoms with Crippen molar-refractivity contribution in [3.05, 3.63) is 42.0 Å². The second-order valence-electron chi connectivity index (χ2n) is 4.89. The maximum atomic E-state index is 11.3. The molecule has 1 aromatic carbocycles. The van der Waals surface area contributed by atoms with Gasteiger partial charge in [-0.1, -0.05) is 0 Å². The van der Waals surface area contributed by atoms with Crippen LogP contribution < -0.4 is 10.0 Å². The molecule has 2 rings (SSSR count). The van der Waals surface area contributed by atoms with Gasteiger partial charge in [-0.3, -0.25) is 4.72 Å². The molecule has 6 nitrogen and oxygen atoms in total. The van der Waals surface area contributed by atoms with E-state index in [0.29, 0.717) is 12.2 Å². The first-order chi connectivity index (χ1) is 9.89. The average molecular weight is 308 g/mol. The van der Waals surface area contributed by atoms with Crippen LogP contribution in [0.15, 0.2) is 30.6 Å². The average Bonchev–Trinajstić information content (AvgIpc) is 2.85. The van der Waals surface area contributed by atoms with Crippen molar-refractivity contribution in [1.82, 2.24) is 9.55 Å². The minimum absolute atomic E-state index is 0.595. The Morgan fingerprint density at radius 1 is 1.33 bits per heavy atom. The summed E-state index contributed by atoms with van der Waals surface area (Å²) in [7, 11) is -3.25. The van der Waals surface area contributed by atoms with Gasteiger partial charge < -0.3 is 9.88 Å². The highest BCUT2D eigenvalue weighted by atomic mass is 32.2. The number of hydrogen-bond acceptors (Lipinski definition) is 4. The van der Waals surface area contributed by atoms with E-state index in [1.807, 2.05) is 25.3 Å². The number of anilines is 2. The maximum Gasteiger partial charge on any atom is 0.229 e. The van der Waals surface area contributed by atoms with Crippen LogP contribution in [0.4, 0.5) is 11.4 Å². The van der Waals surface area contributed by atoms with Gasteiger partial charge in [0.1, 0.15) is 5.82 Å². The Hall–Kier alpha value is -2.02. The molecule has 21 heavy (non-hydrogen) atoms. The molecule has 0 saturated carbocycles. The van der Waals surface area contributed by atoms with E-state index in [9.17, 15) is 8.42 Å². The van der Waals surface area contributed by atoms with E-state index in [0.717, 1.165) is 29.9 Å². The fourth-order valence-corrected chi connectivity index (χ4v) is 2.69. The highest BCUT2D eigenvalue weighted by Gasteiger charge is 2.06. The van der Waals surface area contributed by atoms with Crippen molar-refractivity contribution < 1.29 is 8.42 Å². The zero-order valence-electron chi connectivity index (χ0n) is 12.4. The van der Waals surface area contributed by atoms with Crippen LogP contribution >= 0.6 is 0 Å². The largest absolute Gasteiger partial charge is 0.378 e. The van der Waals surface area contributed by atoms with Gasteiger partial charge in [-0.15, -0.1) is 0 Å². The van der Waals surface area contributed by atoms with Crippen LogP contribution in [-0.2, 0) is 23.1 Å². The topological polar surface area (TPSA) is 76.0 Å². The highest BCUT2D eigenvalue weighted by Crippen LogP contribution is 2.20. The third kappa shape index (κ3) is 4.22. The molecule has 0 aliphatic carbocycles. The predicted octanol–water partition coefficient (Wildman–Crippen LogP) is 2.20. The number of aryl methyl sites for hydroxylation is 2. The molecular weight excluding hydrogens is 288 g/mol. The fourth-order valence-electron chi connectivity index (χ4n) is 2.06. The number of aromatic nitrogens is 2. The van der Waals surface area contributed by atoms with Crippen LogP contribution in [0.2, 0.25) is 0 Å². The van der Waals surface area contributed by atoms with E-state index >= 15 is 0 Å². The Balaban J connectivity index is 2.07. The Labute approximate surface area is 125 Å². The summed E-state index contributed by atoms with van der Waals surface area (Å²) in [4.78, 5) is 4.30. The van der Waals surface area contributed by atoms with Crippen molar-refractivity contribution in [1.29, 1.82) is 0 Å². The summed E-state index contributed by atoms with van der Waals surface area (Å²) in [5.41, 5.74) is 2.39. The Morgan fingerprint density at radius 2 is 2.10 bits per heavy atom. The standard InChI is InChI=1S/C14H20N4O2S/c1-4-18-8-7-15-14(18)10-16-12-5-6-13(11(2)9-12)17-21(3,19)20/h5-9,16-17H,4,10H2,1-3H3. The lowest BCUT2D eigenvalue weighted by atomic mass is 10.2. The molecule has 0 amide bonds. The monoisotopic (exact) mass is 308 g/mol. The van der Waals surface area contributed by atoms with Gasteiger partial charge in [-0.25, -0.2) is 13.4 Å². The molecule has 0 bridgehead atoms. The second kappa shape index (κ2) is 6.17. The maximum absolute atomic E-state index is 11.3. The lowest BCUT2D eigenvalue weighted by Crippen LogP contribution is -2.11. The van der Waals surface area contributed by atoms with Gasteiger partial charge in [-0.2, -0.15) is 0 Å². The molecule has 0 unspecified atom stereocenters. The van der Waals surface area contributed by atoms with Crippen LogP contribution in [0.1, 0.15) is 18.3 Å². The third-order valence-corrected chi connectivity index (χ3v) is 3.71. The number of rotatable bonds is 6. The van der Waals surface area contributed by atoms with Crippen molar-refractivity contribution in [2.45, 2.75) is 26.9 Å². The van der Waals surface area contributed by atoms with Crippen molar-refractivity contribution >= 4 is 21.4 Å². The number of benzene rings is 1. The van der Waals surface area contributed by atoms with E-state index in [4.69, 9.17) is 0 Å². The molecule has 1 aromatic heterocycles. The van der Waals surface area contributed by atoms with Crippen LogP contribution in [0.5, 0.6) is 0 Å². The number of nitrogens with zero attached hydrogens (tertiary/aromatic N) is 2. The van der Waals surface area contributed by atoms with E-state index in [-0.39, 0.29) is 0 Å². The summed E-state index contributed by atoms with van der Waals surface area (Å²) in [6.07, 6.45) is 4.87. The van der Waals surface area contributed by atoms with E-state index < -0.39 is 10.0 Å². The molecule has 0 aliphatic rings. The highest BCUT2D eigenvalue weighted by molar-refractivity contribution is 7.92. The first-order valence-corrected chi connectivity index (χ1v) is 8.60. The minimum Gasteiger partial charge on any atom is -0.378 e. The van der Waals surface area contributed by atoms with Gasteiger partial charge in [-0.05, 0) is 37.6 Å².